The normalized spacial score (nSPS) is 10.9. The second-order valence-electron chi connectivity index (χ2n) is 4.37. The standard InChI is InChI=1S/C15H11NO2/c1-10-5-4-8-13-14(10)9-11-6-2-3-7-12(11)15(13)16(17)18/h2-9H,1H3. The van der Waals surface area contributed by atoms with Gasteiger partial charge in [0.05, 0.1) is 15.7 Å². The van der Waals surface area contributed by atoms with Gasteiger partial charge in [0.15, 0.2) is 0 Å². The molecule has 0 unspecified atom stereocenters. The van der Waals surface area contributed by atoms with Gasteiger partial charge in [0.25, 0.3) is 5.69 Å². The SMILES string of the molecule is Cc1cccc2c([N+](=O)[O-])c3ccccc3cc12. The number of non-ortho nitro benzene ring substituents is 1. The molecule has 3 nitrogen and oxygen atoms in total. The number of hydrogen-bond acceptors (Lipinski definition) is 2. The van der Waals surface area contributed by atoms with Crippen LogP contribution in [0.4, 0.5) is 5.69 Å². The van der Waals surface area contributed by atoms with Crippen molar-refractivity contribution in [1.82, 2.24) is 0 Å². The number of nitro benzene ring substituents is 1. The van der Waals surface area contributed by atoms with Crippen molar-refractivity contribution in [2.24, 2.45) is 0 Å². The lowest BCUT2D eigenvalue weighted by Gasteiger charge is -2.06. The summed E-state index contributed by atoms with van der Waals surface area (Å²) in [6.07, 6.45) is 0. The van der Waals surface area contributed by atoms with Gasteiger partial charge in [-0.25, -0.2) is 0 Å². The summed E-state index contributed by atoms with van der Waals surface area (Å²) in [4.78, 5) is 11.1. The Morgan fingerprint density at radius 1 is 0.944 bits per heavy atom. The van der Waals surface area contributed by atoms with Crippen LogP contribution in [0.1, 0.15) is 5.56 Å². The number of benzene rings is 3. The molecule has 0 saturated heterocycles. The van der Waals surface area contributed by atoms with Gasteiger partial charge in [-0.05, 0) is 41.5 Å². The Labute approximate surface area is 104 Å². The minimum atomic E-state index is -0.288. The molecule has 0 bridgehead atoms. The second-order valence-corrected chi connectivity index (χ2v) is 4.37. The molecular formula is C15H11NO2. The van der Waals surface area contributed by atoms with E-state index in [0.29, 0.717) is 10.8 Å². The zero-order valence-electron chi connectivity index (χ0n) is 9.88. The molecule has 3 heteroatoms. The number of nitro groups is 1. The topological polar surface area (TPSA) is 43.1 Å². The monoisotopic (exact) mass is 237 g/mol. The lowest BCUT2D eigenvalue weighted by Crippen LogP contribution is -1.92. The maximum Gasteiger partial charge on any atom is 0.284 e. The minimum absolute atomic E-state index is 0.201. The second kappa shape index (κ2) is 3.81. The quantitative estimate of drug-likeness (QED) is 0.361. The molecule has 0 saturated carbocycles. The lowest BCUT2D eigenvalue weighted by atomic mass is 9.98. The lowest BCUT2D eigenvalue weighted by molar-refractivity contribution is -0.381. The van der Waals surface area contributed by atoms with Crippen LogP contribution < -0.4 is 0 Å². The van der Waals surface area contributed by atoms with E-state index in [1.807, 2.05) is 49.4 Å². The molecular weight excluding hydrogens is 226 g/mol. The van der Waals surface area contributed by atoms with Crippen LogP contribution in [0.25, 0.3) is 21.5 Å². The molecule has 0 heterocycles. The smallest absolute Gasteiger partial charge is 0.258 e. The zero-order valence-corrected chi connectivity index (χ0v) is 9.88. The van der Waals surface area contributed by atoms with E-state index in [-0.39, 0.29) is 10.6 Å². The third-order valence-electron chi connectivity index (χ3n) is 3.28. The Morgan fingerprint density at radius 2 is 1.67 bits per heavy atom. The molecule has 0 atom stereocenters. The first-order valence-electron chi connectivity index (χ1n) is 5.74. The first-order valence-corrected chi connectivity index (χ1v) is 5.74. The van der Waals surface area contributed by atoms with E-state index in [9.17, 15) is 10.1 Å². The third-order valence-corrected chi connectivity index (χ3v) is 3.28. The van der Waals surface area contributed by atoms with Gasteiger partial charge in [0.1, 0.15) is 0 Å². The van der Waals surface area contributed by atoms with E-state index in [0.717, 1.165) is 16.3 Å². The third kappa shape index (κ3) is 1.44. The Hall–Kier alpha value is -2.42. The Balaban J connectivity index is 2.63. The number of rotatable bonds is 1. The van der Waals surface area contributed by atoms with Crippen LogP contribution in [0.2, 0.25) is 0 Å². The van der Waals surface area contributed by atoms with E-state index in [2.05, 4.69) is 0 Å². The van der Waals surface area contributed by atoms with Crippen LogP contribution in [-0.4, -0.2) is 4.92 Å². The predicted molar refractivity (Wildman–Crippen MR) is 72.8 cm³/mol. The highest BCUT2D eigenvalue weighted by Gasteiger charge is 2.17. The Morgan fingerprint density at radius 3 is 2.44 bits per heavy atom. The molecule has 0 aliphatic rings. The van der Waals surface area contributed by atoms with Crippen LogP contribution in [0.15, 0.2) is 48.5 Å². The Bertz CT molecular complexity index is 778. The largest absolute Gasteiger partial charge is 0.284 e. The van der Waals surface area contributed by atoms with Gasteiger partial charge in [-0.3, -0.25) is 10.1 Å². The molecule has 0 spiro atoms. The summed E-state index contributed by atoms with van der Waals surface area (Å²) in [5.41, 5.74) is 1.26. The molecule has 3 aromatic rings. The van der Waals surface area contributed by atoms with Crippen LogP contribution in [-0.2, 0) is 0 Å². The van der Waals surface area contributed by atoms with Crippen molar-refractivity contribution < 1.29 is 4.92 Å². The molecule has 0 fully saturated rings. The fourth-order valence-corrected chi connectivity index (χ4v) is 2.41. The van der Waals surface area contributed by atoms with Crippen molar-refractivity contribution in [2.45, 2.75) is 6.92 Å². The maximum absolute atomic E-state index is 11.3. The first kappa shape index (κ1) is 10.7. The summed E-state index contributed by atoms with van der Waals surface area (Å²) >= 11 is 0. The fourth-order valence-electron chi connectivity index (χ4n) is 2.41. The molecule has 0 aliphatic heterocycles. The van der Waals surface area contributed by atoms with E-state index < -0.39 is 0 Å². The van der Waals surface area contributed by atoms with Crippen LogP contribution in [0, 0.1) is 17.0 Å². The van der Waals surface area contributed by atoms with Crippen LogP contribution in [0.3, 0.4) is 0 Å². The van der Waals surface area contributed by atoms with Crippen molar-refractivity contribution in [3.05, 3.63) is 64.2 Å². The van der Waals surface area contributed by atoms with Gasteiger partial charge in [0, 0.05) is 0 Å². The van der Waals surface area contributed by atoms with E-state index in [1.165, 1.54) is 0 Å². The predicted octanol–water partition coefficient (Wildman–Crippen LogP) is 4.21. The van der Waals surface area contributed by atoms with Gasteiger partial charge in [-0.15, -0.1) is 0 Å². The van der Waals surface area contributed by atoms with Crippen molar-refractivity contribution in [3.63, 3.8) is 0 Å². The molecule has 88 valence electrons. The van der Waals surface area contributed by atoms with E-state index >= 15 is 0 Å². The van der Waals surface area contributed by atoms with E-state index in [1.54, 1.807) is 6.07 Å². The highest BCUT2D eigenvalue weighted by Crippen LogP contribution is 2.35. The summed E-state index contributed by atoms with van der Waals surface area (Å²) < 4.78 is 0. The molecule has 3 aromatic carbocycles. The maximum atomic E-state index is 11.3. The summed E-state index contributed by atoms with van der Waals surface area (Å²) in [5, 5.41) is 14.6. The molecule has 0 aliphatic carbocycles. The van der Waals surface area contributed by atoms with Crippen molar-refractivity contribution in [3.8, 4) is 0 Å². The first-order chi connectivity index (χ1) is 8.68. The average molecular weight is 237 g/mol. The molecule has 18 heavy (non-hydrogen) atoms. The summed E-state index contributed by atoms with van der Waals surface area (Å²) in [6.45, 7) is 1.97. The Kier molecular flexibility index (Phi) is 2.27. The summed E-state index contributed by atoms with van der Waals surface area (Å²) in [6, 6.07) is 15.1. The summed E-state index contributed by atoms with van der Waals surface area (Å²) in [5.74, 6) is 0. The minimum Gasteiger partial charge on any atom is -0.258 e. The number of hydrogen-bond donors (Lipinski definition) is 0. The van der Waals surface area contributed by atoms with Crippen LogP contribution >= 0.6 is 0 Å². The van der Waals surface area contributed by atoms with Crippen molar-refractivity contribution in [2.75, 3.05) is 0 Å². The molecule has 0 amide bonds. The molecule has 3 rings (SSSR count). The fraction of sp³-hybridized carbons (Fsp3) is 0.0667. The van der Waals surface area contributed by atoms with Crippen LogP contribution in [0.5, 0.6) is 0 Å². The van der Waals surface area contributed by atoms with Gasteiger partial charge in [0.2, 0.25) is 0 Å². The average Bonchev–Trinajstić information content (AvgIpc) is 2.36. The van der Waals surface area contributed by atoms with Gasteiger partial charge >= 0.3 is 0 Å². The number of fused-ring (bicyclic) bond motifs is 2. The molecule has 0 aromatic heterocycles. The molecule has 0 radical (unpaired) electrons. The van der Waals surface area contributed by atoms with E-state index in [4.69, 9.17) is 0 Å². The highest BCUT2D eigenvalue weighted by molar-refractivity contribution is 6.08. The number of nitrogens with zero attached hydrogens (tertiary/aromatic N) is 1. The number of aryl methyl sites for hydroxylation is 1. The summed E-state index contributed by atoms with van der Waals surface area (Å²) in [7, 11) is 0. The molecule has 0 N–H and O–H groups in total. The van der Waals surface area contributed by atoms with Crippen molar-refractivity contribution in [1.29, 1.82) is 0 Å². The van der Waals surface area contributed by atoms with Crippen molar-refractivity contribution >= 4 is 27.2 Å². The van der Waals surface area contributed by atoms with Gasteiger partial charge in [-0.2, -0.15) is 0 Å². The zero-order chi connectivity index (χ0) is 12.7. The van der Waals surface area contributed by atoms with Gasteiger partial charge in [-0.1, -0.05) is 30.3 Å². The highest BCUT2D eigenvalue weighted by atomic mass is 16.6. The van der Waals surface area contributed by atoms with Gasteiger partial charge < -0.3 is 0 Å².